The number of carbonyl (C=O) groups is 1. The van der Waals surface area contributed by atoms with Gasteiger partial charge in [0.15, 0.2) is 5.13 Å². The molecule has 6 nitrogen and oxygen atoms in total. The van der Waals surface area contributed by atoms with Crippen LogP contribution in [-0.4, -0.2) is 46.7 Å². The molecule has 0 unspecified atom stereocenters. The molecule has 0 aromatic carbocycles. The highest BCUT2D eigenvalue weighted by atomic mass is 32.1. The molecule has 0 bridgehead atoms. The molecule has 4 rings (SSSR count). The van der Waals surface area contributed by atoms with E-state index in [1.54, 1.807) is 0 Å². The molecular weight excluding hydrogens is 372 g/mol. The molecule has 152 valence electrons. The minimum atomic E-state index is -0.0533. The number of thiazole rings is 1. The monoisotopic (exact) mass is 402 g/mol. The van der Waals surface area contributed by atoms with E-state index in [1.807, 2.05) is 11.4 Å². The summed E-state index contributed by atoms with van der Waals surface area (Å²) in [4.78, 5) is 19.8. The number of aromatic nitrogens is 2. The SMILES string of the molecule is Cc1cc(C(=O)Nc2nc(CN3CCOCC3)cs2)c(C)n1C1CCCCC1. The van der Waals surface area contributed by atoms with Crippen LogP contribution in [0.1, 0.15) is 65.6 Å². The average Bonchev–Trinajstić information content (AvgIpc) is 3.26. The van der Waals surface area contributed by atoms with Crippen molar-refractivity contribution in [3.8, 4) is 0 Å². The Labute approximate surface area is 170 Å². The predicted octanol–water partition coefficient (Wildman–Crippen LogP) is 4.15. The summed E-state index contributed by atoms with van der Waals surface area (Å²) in [5.41, 5.74) is 4.04. The van der Waals surface area contributed by atoms with Gasteiger partial charge in [0, 0.05) is 42.4 Å². The molecule has 1 N–H and O–H groups in total. The zero-order valence-electron chi connectivity index (χ0n) is 16.9. The summed E-state index contributed by atoms with van der Waals surface area (Å²) >= 11 is 1.50. The summed E-state index contributed by atoms with van der Waals surface area (Å²) in [5, 5.41) is 5.73. The number of nitrogens with one attached hydrogen (secondary N) is 1. The van der Waals surface area contributed by atoms with Gasteiger partial charge in [-0.25, -0.2) is 4.98 Å². The first-order chi connectivity index (χ1) is 13.6. The smallest absolute Gasteiger partial charge is 0.259 e. The van der Waals surface area contributed by atoms with Gasteiger partial charge in [-0.2, -0.15) is 0 Å². The first kappa shape index (κ1) is 19.6. The second kappa shape index (κ2) is 8.76. The molecular formula is C21H30N4O2S. The second-order valence-electron chi connectivity index (χ2n) is 7.93. The van der Waals surface area contributed by atoms with Crippen LogP contribution in [0, 0.1) is 13.8 Å². The number of nitrogens with zero attached hydrogens (tertiary/aromatic N) is 3. The van der Waals surface area contributed by atoms with E-state index in [2.05, 4.69) is 33.6 Å². The van der Waals surface area contributed by atoms with E-state index < -0.39 is 0 Å². The Kier molecular flexibility index (Phi) is 6.13. The van der Waals surface area contributed by atoms with Gasteiger partial charge in [-0.3, -0.25) is 15.0 Å². The van der Waals surface area contributed by atoms with Crippen molar-refractivity contribution in [1.29, 1.82) is 0 Å². The standard InChI is InChI=1S/C21H30N4O2S/c1-15-12-19(16(2)25(15)18-6-4-3-5-7-18)20(26)23-21-22-17(14-28-21)13-24-8-10-27-11-9-24/h12,14,18H,3-11,13H2,1-2H3,(H,22,23,26). The summed E-state index contributed by atoms with van der Waals surface area (Å²) in [6.45, 7) is 8.43. The highest BCUT2D eigenvalue weighted by Crippen LogP contribution is 2.32. The minimum absolute atomic E-state index is 0.0533. The highest BCUT2D eigenvalue weighted by molar-refractivity contribution is 7.14. The Balaban J connectivity index is 1.42. The number of hydrogen-bond acceptors (Lipinski definition) is 5. The van der Waals surface area contributed by atoms with E-state index in [0.29, 0.717) is 11.2 Å². The normalized spacial score (nSPS) is 19.1. The fourth-order valence-corrected chi connectivity index (χ4v) is 5.19. The first-order valence-electron chi connectivity index (χ1n) is 10.4. The number of rotatable bonds is 5. The predicted molar refractivity (Wildman–Crippen MR) is 112 cm³/mol. The van der Waals surface area contributed by atoms with Crippen LogP contribution in [0.5, 0.6) is 0 Å². The molecule has 1 saturated carbocycles. The summed E-state index contributed by atoms with van der Waals surface area (Å²) < 4.78 is 7.77. The van der Waals surface area contributed by atoms with Crippen LogP contribution in [0.4, 0.5) is 5.13 Å². The second-order valence-corrected chi connectivity index (χ2v) is 8.79. The van der Waals surface area contributed by atoms with E-state index in [9.17, 15) is 4.79 Å². The summed E-state index contributed by atoms with van der Waals surface area (Å²) in [6, 6.07) is 2.57. The lowest BCUT2D eigenvalue weighted by Crippen LogP contribution is -2.35. The van der Waals surface area contributed by atoms with E-state index in [-0.39, 0.29) is 5.91 Å². The Morgan fingerprint density at radius 2 is 2.00 bits per heavy atom. The fourth-order valence-electron chi connectivity index (χ4n) is 4.50. The van der Waals surface area contributed by atoms with Gasteiger partial charge in [-0.15, -0.1) is 11.3 Å². The molecule has 2 aliphatic rings. The number of hydrogen-bond donors (Lipinski definition) is 1. The largest absolute Gasteiger partial charge is 0.379 e. The van der Waals surface area contributed by atoms with E-state index in [1.165, 1.54) is 49.1 Å². The van der Waals surface area contributed by atoms with Crippen LogP contribution in [0.15, 0.2) is 11.4 Å². The number of ether oxygens (including phenoxy) is 1. The number of carbonyl (C=O) groups excluding carboxylic acids is 1. The summed E-state index contributed by atoms with van der Waals surface area (Å²) in [7, 11) is 0. The lowest BCUT2D eigenvalue weighted by atomic mass is 9.95. The highest BCUT2D eigenvalue weighted by Gasteiger charge is 2.23. The third-order valence-corrected chi connectivity index (χ3v) is 6.74. The number of morpholine rings is 1. The lowest BCUT2D eigenvalue weighted by molar-refractivity contribution is 0.0337. The fraction of sp³-hybridized carbons (Fsp3) is 0.619. The summed E-state index contributed by atoms with van der Waals surface area (Å²) in [5.74, 6) is -0.0533. The number of anilines is 1. The Hall–Kier alpha value is -1.70. The lowest BCUT2D eigenvalue weighted by Gasteiger charge is -2.26. The van der Waals surface area contributed by atoms with Crippen LogP contribution in [0.3, 0.4) is 0 Å². The number of aryl methyl sites for hydroxylation is 1. The van der Waals surface area contributed by atoms with Crippen molar-refractivity contribution in [2.75, 3.05) is 31.6 Å². The van der Waals surface area contributed by atoms with Crippen molar-refractivity contribution in [3.05, 3.63) is 34.1 Å². The van der Waals surface area contributed by atoms with Crippen LogP contribution >= 0.6 is 11.3 Å². The zero-order chi connectivity index (χ0) is 19.5. The molecule has 2 fully saturated rings. The van der Waals surface area contributed by atoms with Crippen molar-refractivity contribution in [2.45, 2.75) is 58.5 Å². The van der Waals surface area contributed by atoms with Crippen molar-refractivity contribution in [1.82, 2.24) is 14.5 Å². The third kappa shape index (κ3) is 4.31. The quantitative estimate of drug-likeness (QED) is 0.816. The molecule has 1 saturated heterocycles. The van der Waals surface area contributed by atoms with Crippen LogP contribution in [-0.2, 0) is 11.3 Å². The molecule has 2 aromatic heterocycles. The molecule has 2 aromatic rings. The van der Waals surface area contributed by atoms with Crippen LogP contribution < -0.4 is 5.32 Å². The molecule has 7 heteroatoms. The molecule has 0 atom stereocenters. The van der Waals surface area contributed by atoms with E-state index >= 15 is 0 Å². The maximum absolute atomic E-state index is 12.9. The maximum atomic E-state index is 12.9. The van der Waals surface area contributed by atoms with Gasteiger partial charge < -0.3 is 9.30 Å². The molecule has 28 heavy (non-hydrogen) atoms. The summed E-state index contributed by atoms with van der Waals surface area (Å²) in [6.07, 6.45) is 6.34. The van der Waals surface area contributed by atoms with Crippen LogP contribution in [0.25, 0.3) is 0 Å². The van der Waals surface area contributed by atoms with Gasteiger partial charge in [-0.05, 0) is 32.8 Å². The van der Waals surface area contributed by atoms with Gasteiger partial charge in [0.1, 0.15) is 0 Å². The van der Waals surface area contributed by atoms with E-state index in [4.69, 9.17) is 4.74 Å². The Bertz CT molecular complexity index is 816. The molecule has 3 heterocycles. The average molecular weight is 403 g/mol. The van der Waals surface area contributed by atoms with Crippen molar-refractivity contribution in [2.24, 2.45) is 0 Å². The van der Waals surface area contributed by atoms with Gasteiger partial charge in [-0.1, -0.05) is 19.3 Å². The first-order valence-corrected chi connectivity index (χ1v) is 11.2. The van der Waals surface area contributed by atoms with Gasteiger partial charge >= 0.3 is 0 Å². The minimum Gasteiger partial charge on any atom is -0.379 e. The molecule has 1 aliphatic heterocycles. The molecule has 0 radical (unpaired) electrons. The third-order valence-electron chi connectivity index (χ3n) is 5.93. The van der Waals surface area contributed by atoms with Crippen molar-refractivity contribution >= 4 is 22.4 Å². The van der Waals surface area contributed by atoms with E-state index in [0.717, 1.165) is 49.8 Å². The molecule has 0 spiro atoms. The van der Waals surface area contributed by atoms with Crippen LogP contribution in [0.2, 0.25) is 0 Å². The Morgan fingerprint density at radius 3 is 2.75 bits per heavy atom. The van der Waals surface area contributed by atoms with Gasteiger partial charge in [0.2, 0.25) is 0 Å². The van der Waals surface area contributed by atoms with Gasteiger partial charge in [0.25, 0.3) is 5.91 Å². The Morgan fingerprint density at radius 1 is 1.25 bits per heavy atom. The zero-order valence-corrected chi connectivity index (χ0v) is 17.7. The topological polar surface area (TPSA) is 59.4 Å². The van der Waals surface area contributed by atoms with Gasteiger partial charge in [0.05, 0.1) is 24.5 Å². The molecule has 1 aliphatic carbocycles. The van der Waals surface area contributed by atoms with Crippen molar-refractivity contribution in [3.63, 3.8) is 0 Å². The number of amides is 1. The molecule has 1 amide bonds. The maximum Gasteiger partial charge on any atom is 0.259 e. The van der Waals surface area contributed by atoms with Crippen molar-refractivity contribution < 1.29 is 9.53 Å².